The van der Waals surface area contributed by atoms with Crippen LogP contribution in [0.1, 0.15) is 70.0 Å². The van der Waals surface area contributed by atoms with Crippen LogP contribution in [0.3, 0.4) is 0 Å². The molecule has 3 rings (SSSR count). The number of carbonyl (C=O) groups is 3. The van der Waals surface area contributed by atoms with E-state index in [1.165, 1.54) is 6.07 Å². The van der Waals surface area contributed by atoms with Crippen LogP contribution in [-0.4, -0.2) is 66.8 Å². The van der Waals surface area contributed by atoms with Gasteiger partial charge < -0.3 is 25.8 Å². The Morgan fingerprint density at radius 2 is 1.55 bits per heavy atom. The summed E-state index contributed by atoms with van der Waals surface area (Å²) in [6, 6.07) is 7.76. The van der Waals surface area contributed by atoms with Gasteiger partial charge in [-0.15, -0.1) is 0 Å². The first-order valence-electron chi connectivity index (χ1n) is 15.3. The van der Waals surface area contributed by atoms with Crippen molar-refractivity contribution in [3.05, 3.63) is 99.6 Å². The fraction of sp³-hybridized carbons (Fsp3) is 0.382. The van der Waals surface area contributed by atoms with E-state index in [0.29, 0.717) is 37.6 Å². The fourth-order valence-electron chi connectivity index (χ4n) is 5.40. The molecule has 3 aromatic carbocycles. The number of benzene rings is 3. The molecule has 0 fully saturated rings. The molecule has 0 spiro atoms. The summed E-state index contributed by atoms with van der Waals surface area (Å²) in [6.45, 7) is 6.23. The molecule has 0 heterocycles. The monoisotopic (exact) mass is 660 g/mol. The van der Waals surface area contributed by atoms with Crippen molar-refractivity contribution >= 4 is 23.7 Å². The molecule has 2 amide bonds. The van der Waals surface area contributed by atoms with Gasteiger partial charge in [-0.05, 0) is 79.3 Å². The van der Waals surface area contributed by atoms with E-state index in [0.717, 1.165) is 30.3 Å². The second-order valence-electron chi connectivity index (χ2n) is 11.2. The SMILES string of the molecule is CCCN(CCC)C(=O)c1cc(C)cc(C(=O)O)c1[C@H](CNCCOC(=O)Nc1ccc(F)cc1F)[C@@H](N)Cc1cc(F)cc(F)c1. The van der Waals surface area contributed by atoms with Crippen LogP contribution >= 0.6 is 0 Å². The Hall–Kier alpha value is -4.49. The Balaban J connectivity index is 1.91. The van der Waals surface area contributed by atoms with Crippen molar-refractivity contribution in [2.45, 2.75) is 52.0 Å². The van der Waals surface area contributed by atoms with E-state index in [1.54, 1.807) is 17.9 Å². The third-order valence-electron chi connectivity index (χ3n) is 7.38. The highest BCUT2D eigenvalue weighted by molar-refractivity contribution is 6.00. The number of anilines is 1. The largest absolute Gasteiger partial charge is 0.478 e. The van der Waals surface area contributed by atoms with Crippen LogP contribution < -0.4 is 16.4 Å². The number of hydrogen-bond acceptors (Lipinski definition) is 6. The molecule has 254 valence electrons. The van der Waals surface area contributed by atoms with Gasteiger partial charge in [-0.3, -0.25) is 10.1 Å². The maximum Gasteiger partial charge on any atom is 0.411 e. The Labute approximate surface area is 271 Å². The smallest absolute Gasteiger partial charge is 0.411 e. The zero-order valence-corrected chi connectivity index (χ0v) is 26.5. The highest BCUT2D eigenvalue weighted by Gasteiger charge is 2.32. The molecule has 0 bridgehead atoms. The number of rotatable bonds is 16. The molecule has 0 aliphatic rings. The Morgan fingerprint density at radius 1 is 0.915 bits per heavy atom. The number of hydrogen-bond donors (Lipinski definition) is 4. The molecule has 5 N–H and O–H groups in total. The van der Waals surface area contributed by atoms with E-state index in [4.69, 9.17) is 10.5 Å². The van der Waals surface area contributed by atoms with Crippen LogP contribution in [0.5, 0.6) is 0 Å². The summed E-state index contributed by atoms with van der Waals surface area (Å²) in [7, 11) is 0. The third kappa shape index (κ3) is 10.5. The van der Waals surface area contributed by atoms with Crippen molar-refractivity contribution in [1.82, 2.24) is 10.2 Å². The van der Waals surface area contributed by atoms with Crippen molar-refractivity contribution in [2.24, 2.45) is 5.73 Å². The topological polar surface area (TPSA) is 134 Å². The van der Waals surface area contributed by atoms with Crippen LogP contribution in [0, 0.1) is 30.2 Å². The van der Waals surface area contributed by atoms with Crippen LogP contribution in [0.25, 0.3) is 0 Å². The predicted molar refractivity (Wildman–Crippen MR) is 170 cm³/mol. The predicted octanol–water partition coefficient (Wildman–Crippen LogP) is 6.00. The zero-order valence-electron chi connectivity index (χ0n) is 26.5. The maximum atomic E-state index is 14.0. The van der Waals surface area contributed by atoms with Crippen LogP contribution in [0.2, 0.25) is 0 Å². The molecule has 13 heteroatoms. The molecular weight excluding hydrogens is 620 g/mol. The number of carboxylic acids is 1. The molecule has 9 nitrogen and oxygen atoms in total. The maximum absolute atomic E-state index is 14.0. The fourth-order valence-corrected chi connectivity index (χ4v) is 5.40. The summed E-state index contributed by atoms with van der Waals surface area (Å²) in [4.78, 5) is 40.4. The average molecular weight is 661 g/mol. The number of carbonyl (C=O) groups excluding carboxylic acids is 2. The van der Waals surface area contributed by atoms with Crippen LogP contribution in [0.4, 0.5) is 28.0 Å². The number of aryl methyl sites for hydroxylation is 1. The number of carboxylic acid groups (broad SMARTS) is 1. The number of nitrogens with zero attached hydrogens (tertiary/aromatic N) is 1. The van der Waals surface area contributed by atoms with Gasteiger partial charge in [-0.2, -0.15) is 0 Å². The molecule has 47 heavy (non-hydrogen) atoms. The lowest BCUT2D eigenvalue weighted by molar-refractivity contribution is 0.0694. The van der Waals surface area contributed by atoms with Gasteiger partial charge in [-0.1, -0.05) is 13.8 Å². The first kappa shape index (κ1) is 37.0. The standard InChI is InChI=1S/C34H40F4N4O5/c1-4-9-42(10-5-2)32(43)25-12-20(3)13-26(33(44)45)31(25)27(29(39)16-21-14-23(36)17-24(37)15-21)19-40-8-11-47-34(46)41-30-7-6-22(35)18-28(30)38/h6-7,12-15,17-18,27,29,40H,4-5,8-11,16,19,39H2,1-3H3,(H,41,46)(H,44,45)/t27-,29+/m1/s1. The van der Waals surface area contributed by atoms with Crippen molar-refractivity contribution in [3.8, 4) is 0 Å². The molecule has 0 aromatic heterocycles. The van der Waals surface area contributed by atoms with Crippen molar-refractivity contribution < 1.29 is 41.8 Å². The Kier molecular flexibility index (Phi) is 13.7. The molecule has 2 atom stereocenters. The summed E-state index contributed by atoms with van der Waals surface area (Å²) < 4.78 is 60.2. The highest BCUT2D eigenvalue weighted by atomic mass is 19.1. The number of aromatic carboxylic acids is 1. The summed E-state index contributed by atoms with van der Waals surface area (Å²) >= 11 is 0. The lowest BCUT2D eigenvalue weighted by Gasteiger charge is -2.30. The molecule has 0 radical (unpaired) electrons. The molecule has 0 saturated carbocycles. The number of nitrogens with one attached hydrogen (secondary N) is 2. The minimum atomic E-state index is -1.28. The van der Waals surface area contributed by atoms with E-state index in [2.05, 4.69) is 10.6 Å². The second-order valence-corrected chi connectivity index (χ2v) is 11.2. The van der Waals surface area contributed by atoms with Gasteiger partial charge in [0.2, 0.25) is 0 Å². The second kappa shape index (κ2) is 17.4. The number of nitrogens with two attached hydrogens (primary N) is 1. The van der Waals surface area contributed by atoms with Gasteiger partial charge in [0.15, 0.2) is 0 Å². The summed E-state index contributed by atoms with van der Waals surface area (Å²) in [5.74, 6) is -5.90. The Morgan fingerprint density at radius 3 is 2.15 bits per heavy atom. The normalized spacial score (nSPS) is 12.3. The first-order chi connectivity index (χ1) is 22.3. The van der Waals surface area contributed by atoms with E-state index in [1.807, 2.05) is 13.8 Å². The van der Waals surface area contributed by atoms with Crippen molar-refractivity contribution in [1.29, 1.82) is 0 Å². The van der Waals surface area contributed by atoms with E-state index < -0.39 is 47.3 Å². The lowest BCUT2D eigenvalue weighted by Crippen LogP contribution is -2.41. The molecular formula is C34H40F4N4O5. The summed E-state index contributed by atoms with van der Waals surface area (Å²) in [5.41, 5.74) is 7.38. The van der Waals surface area contributed by atoms with Gasteiger partial charge >= 0.3 is 12.1 Å². The van der Waals surface area contributed by atoms with E-state index >= 15 is 0 Å². The minimum absolute atomic E-state index is 0.0122. The third-order valence-corrected chi connectivity index (χ3v) is 7.38. The number of halogens is 4. The van der Waals surface area contributed by atoms with Gasteiger partial charge in [-0.25, -0.2) is 27.2 Å². The van der Waals surface area contributed by atoms with Gasteiger partial charge in [0, 0.05) is 55.8 Å². The lowest BCUT2D eigenvalue weighted by atomic mass is 9.81. The number of amides is 2. The molecule has 0 unspecified atom stereocenters. The number of ether oxygens (including phenoxy) is 1. The highest BCUT2D eigenvalue weighted by Crippen LogP contribution is 2.31. The summed E-state index contributed by atoms with van der Waals surface area (Å²) in [5, 5.41) is 15.5. The minimum Gasteiger partial charge on any atom is -0.478 e. The van der Waals surface area contributed by atoms with Gasteiger partial charge in [0.05, 0.1) is 11.3 Å². The molecule has 0 aliphatic heterocycles. The zero-order chi connectivity index (χ0) is 34.7. The van der Waals surface area contributed by atoms with Crippen LogP contribution in [-0.2, 0) is 11.2 Å². The average Bonchev–Trinajstić information content (AvgIpc) is 2.99. The molecule has 0 saturated heterocycles. The first-order valence-corrected chi connectivity index (χ1v) is 15.3. The van der Waals surface area contributed by atoms with Gasteiger partial charge in [0.25, 0.3) is 5.91 Å². The van der Waals surface area contributed by atoms with Crippen molar-refractivity contribution in [2.75, 3.05) is 38.1 Å². The van der Waals surface area contributed by atoms with E-state index in [9.17, 15) is 37.1 Å². The molecule has 0 aliphatic carbocycles. The van der Waals surface area contributed by atoms with Gasteiger partial charge in [0.1, 0.15) is 29.9 Å². The Bertz CT molecular complexity index is 1550. The quantitative estimate of drug-likeness (QED) is 0.109. The van der Waals surface area contributed by atoms with E-state index in [-0.39, 0.29) is 60.0 Å². The summed E-state index contributed by atoms with van der Waals surface area (Å²) in [6.07, 6.45) is 0.299. The van der Waals surface area contributed by atoms with Crippen LogP contribution in [0.15, 0.2) is 48.5 Å². The molecule has 3 aromatic rings. The van der Waals surface area contributed by atoms with Crippen molar-refractivity contribution in [3.63, 3.8) is 0 Å².